The number of likely N-dealkylation sites (tertiary alicyclic amines) is 1. The van der Waals surface area contributed by atoms with Gasteiger partial charge in [0.1, 0.15) is 0 Å². The molecule has 0 unspecified atom stereocenters. The van der Waals surface area contributed by atoms with E-state index < -0.39 is 0 Å². The van der Waals surface area contributed by atoms with E-state index in [4.69, 9.17) is 0 Å². The van der Waals surface area contributed by atoms with Crippen molar-refractivity contribution in [3.05, 3.63) is 0 Å². The Morgan fingerprint density at radius 2 is 1.78 bits per heavy atom. The van der Waals surface area contributed by atoms with E-state index in [-0.39, 0.29) is 0 Å². The van der Waals surface area contributed by atoms with Crippen LogP contribution in [0.1, 0.15) is 51.4 Å². The maximum atomic E-state index is 9.38. The third-order valence-corrected chi connectivity index (χ3v) is 5.90. The quantitative estimate of drug-likeness (QED) is 0.434. The van der Waals surface area contributed by atoms with E-state index in [1.54, 1.807) is 0 Å². The lowest BCUT2D eigenvalue weighted by Crippen LogP contribution is -2.61. The third kappa shape index (κ3) is 1.97. The average Bonchev–Trinajstić information content (AvgIpc) is 2.38. The summed E-state index contributed by atoms with van der Waals surface area (Å²) in [6.45, 7) is 2.68. The molecule has 1 N–H and O–H groups in total. The molecule has 0 aromatic heterocycles. The van der Waals surface area contributed by atoms with Crippen molar-refractivity contribution in [3.8, 4) is 0 Å². The molecule has 18 heavy (non-hydrogen) atoms. The Labute approximate surface area is 110 Å². The van der Waals surface area contributed by atoms with Crippen LogP contribution in [-0.2, 0) is 0 Å². The van der Waals surface area contributed by atoms with Gasteiger partial charge in [-0.1, -0.05) is 11.6 Å². The van der Waals surface area contributed by atoms with Crippen LogP contribution in [0.2, 0.25) is 0 Å². The van der Waals surface area contributed by atoms with E-state index in [0.717, 1.165) is 11.8 Å². The molecule has 2 aliphatic carbocycles. The van der Waals surface area contributed by atoms with Gasteiger partial charge in [0.25, 0.3) is 0 Å². The summed E-state index contributed by atoms with van der Waals surface area (Å²) in [4.78, 5) is 0. The molecule has 0 aromatic rings. The fourth-order valence-corrected chi connectivity index (χ4v) is 4.91. The second-order valence-corrected chi connectivity index (χ2v) is 6.89. The van der Waals surface area contributed by atoms with Gasteiger partial charge in [0.05, 0.1) is 37.8 Å². The Morgan fingerprint density at radius 3 is 2.50 bits per heavy atom. The van der Waals surface area contributed by atoms with Gasteiger partial charge in [-0.05, 0) is 38.5 Å². The zero-order valence-corrected chi connectivity index (χ0v) is 11.6. The summed E-state index contributed by atoms with van der Waals surface area (Å²) >= 11 is 0. The lowest BCUT2D eigenvalue weighted by Gasteiger charge is -2.51. The Morgan fingerprint density at radius 1 is 1.00 bits per heavy atom. The summed E-state index contributed by atoms with van der Waals surface area (Å²) in [6, 6.07) is 0.729. The zero-order valence-electron chi connectivity index (χ0n) is 11.6. The molecule has 3 fully saturated rings. The first kappa shape index (κ1) is 12.5. The SMILES string of the molecule is C[N+]1([C@H]2CC[C@@H]3CCC[C@@H]2C3=NO)CCCCC1. The van der Waals surface area contributed by atoms with E-state index >= 15 is 0 Å². The second kappa shape index (κ2) is 4.84. The van der Waals surface area contributed by atoms with Gasteiger partial charge >= 0.3 is 0 Å². The smallest absolute Gasteiger partial charge is 0.0971 e. The van der Waals surface area contributed by atoms with Gasteiger partial charge in [0, 0.05) is 12.3 Å². The zero-order chi connectivity index (χ0) is 12.6. The molecule has 2 bridgehead atoms. The van der Waals surface area contributed by atoms with Crippen molar-refractivity contribution in [2.75, 3.05) is 20.1 Å². The highest BCUT2D eigenvalue weighted by Gasteiger charge is 2.48. The predicted octanol–water partition coefficient (Wildman–Crippen LogP) is 3.03. The van der Waals surface area contributed by atoms with Gasteiger partial charge in [-0.2, -0.15) is 0 Å². The van der Waals surface area contributed by atoms with Crippen LogP contribution in [0.5, 0.6) is 0 Å². The van der Waals surface area contributed by atoms with Crippen LogP contribution in [0.4, 0.5) is 0 Å². The molecule has 0 aromatic carbocycles. The van der Waals surface area contributed by atoms with Gasteiger partial charge in [0.2, 0.25) is 0 Å². The standard InChI is InChI=1S/C15H26N2O/c1-17(10-3-2-4-11-17)14-9-8-12-6-5-7-13(14)15(12)16-18/h12-14H,2-11H2,1H3/p+1/t12-,13-,14-/m0/s1. The highest BCUT2D eigenvalue weighted by atomic mass is 16.4. The molecule has 2 saturated carbocycles. The van der Waals surface area contributed by atoms with Gasteiger partial charge < -0.3 is 9.69 Å². The van der Waals surface area contributed by atoms with Crippen molar-refractivity contribution in [2.45, 2.75) is 57.4 Å². The van der Waals surface area contributed by atoms with Crippen LogP contribution in [0.3, 0.4) is 0 Å². The summed E-state index contributed by atoms with van der Waals surface area (Å²) in [6.07, 6.45) is 10.6. The molecule has 3 atom stereocenters. The molecule has 1 saturated heterocycles. The summed E-state index contributed by atoms with van der Waals surface area (Å²) in [5, 5.41) is 13.1. The molecule has 3 aliphatic rings. The van der Waals surface area contributed by atoms with E-state index in [1.807, 2.05) is 0 Å². The predicted molar refractivity (Wildman–Crippen MR) is 72.8 cm³/mol. The monoisotopic (exact) mass is 251 g/mol. The Bertz CT molecular complexity index is 333. The maximum absolute atomic E-state index is 9.38. The van der Waals surface area contributed by atoms with E-state index in [0.29, 0.717) is 11.8 Å². The lowest BCUT2D eigenvalue weighted by molar-refractivity contribution is -0.941. The Kier molecular flexibility index (Phi) is 3.35. The third-order valence-electron chi connectivity index (χ3n) is 5.90. The number of fused-ring (bicyclic) bond motifs is 2. The minimum atomic E-state index is 0.575. The molecule has 1 aliphatic heterocycles. The van der Waals surface area contributed by atoms with Crippen LogP contribution in [0.15, 0.2) is 5.16 Å². The summed E-state index contributed by atoms with van der Waals surface area (Å²) in [5.74, 6) is 1.17. The van der Waals surface area contributed by atoms with Gasteiger partial charge in [0.15, 0.2) is 0 Å². The van der Waals surface area contributed by atoms with Crippen molar-refractivity contribution in [1.29, 1.82) is 0 Å². The van der Waals surface area contributed by atoms with Crippen LogP contribution in [0.25, 0.3) is 0 Å². The van der Waals surface area contributed by atoms with Crippen molar-refractivity contribution in [3.63, 3.8) is 0 Å². The summed E-state index contributed by atoms with van der Waals surface area (Å²) in [7, 11) is 2.45. The van der Waals surface area contributed by atoms with Crippen LogP contribution >= 0.6 is 0 Å². The second-order valence-electron chi connectivity index (χ2n) is 6.89. The first-order chi connectivity index (χ1) is 8.74. The molecular weight excluding hydrogens is 224 g/mol. The first-order valence-corrected chi connectivity index (χ1v) is 7.81. The van der Waals surface area contributed by atoms with E-state index in [9.17, 15) is 5.21 Å². The number of nitrogens with zero attached hydrogens (tertiary/aromatic N) is 2. The van der Waals surface area contributed by atoms with Crippen molar-refractivity contribution in [1.82, 2.24) is 0 Å². The molecule has 102 valence electrons. The van der Waals surface area contributed by atoms with E-state index in [2.05, 4.69) is 12.2 Å². The molecule has 0 radical (unpaired) electrons. The highest BCUT2D eigenvalue weighted by Crippen LogP contribution is 2.42. The van der Waals surface area contributed by atoms with Crippen LogP contribution in [0, 0.1) is 11.8 Å². The molecule has 1 heterocycles. The molecule has 0 amide bonds. The highest BCUT2D eigenvalue weighted by molar-refractivity contribution is 5.90. The van der Waals surface area contributed by atoms with Crippen molar-refractivity contribution >= 4 is 5.71 Å². The summed E-state index contributed by atoms with van der Waals surface area (Å²) in [5.41, 5.74) is 1.16. The fraction of sp³-hybridized carbons (Fsp3) is 0.933. The minimum Gasteiger partial charge on any atom is -0.411 e. The molecular formula is C15H27N2O+. The maximum Gasteiger partial charge on any atom is 0.0971 e. The molecule has 3 nitrogen and oxygen atoms in total. The topological polar surface area (TPSA) is 32.6 Å². The molecule has 0 spiro atoms. The normalized spacial score (nSPS) is 41.8. The largest absolute Gasteiger partial charge is 0.411 e. The Hall–Kier alpha value is -0.570. The molecule has 3 heteroatoms. The number of quaternary nitrogens is 1. The number of rotatable bonds is 1. The molecule has 3 rings (SSSR count). The minimum absolute atomic E-state index is 0.575. The average molecular weight is 251 g/mol. The summed E-state index contributed by atoms with van der Waals surface area (Å²) < 4.78 is 1.25. The van der Waals surface area contributed by atoms with Gasteiger partial charge in [-0.3, -0.25) is 0 Å². The number of hydrogen-bond donors (Lipinski definition) is 1. The van der Waals surface area contributed by atoms with Gasteiger partial charge in [-0.15, -0.1) is 0 Å². The Balaban J connectivity index is 1.83. The fourth-order valence-electron chi connectivity index (χ4n) is 4.91. The number of oxime groups is 1. The van der Waals surface area contributed by atoms with Crippen LogP contribution < -0.4 is 0 Å². The lowest BCUT2D eigenvalue weighted by atomic mass is 9.67. The van der Waals surface area contributed by atoms with Gasteiger partial charge in [-0.25, -0.2) is 0 Å². The van der Waals surface area contributed by atoms with Crippen molar-refractivity contribution < 1.29 is 9.69 Å². The van der Waals surface area contributed by atoms with Crippen molar-refractivity contribution in [2.24, 2.45) is 17.0 Å². The number of hydrogen-bond acceptors (Lipinski definition) is 2. The van der Waals surface area contributed by atoms with E-state index in [1.165, 1.54) is 68.9 Å². The van der Waals surface area contributed by atoms with Crippen LogP contribution in [-0.4, -0.2) is 41.6 Å². The number of piperidine rings is 1. The first-order valence-electron chi connectivity index (χ1n) is 7.81.